The molecule has 0 saturated carbocycles. The number of carboxylic acids is 1. The van der Waals surface area contributed by atoms with Gasteiger partial charge in [-0.25, -0.2) is 0 Å². The van der Waals surface area contributed by atoms with Gasteiger partial charge in [0.25, 0.3) is 0 Å². The maximum atomic E-state index is 12.3. The van der Waals surface area contributed by atoms with Gasteiger partial charge in [-0.1, -0.05) is 19.1 Å². The SMILES string of the molecule is CC[C@@H](Cc1ccc(C(F)(F)F)cc1)C(=O)O. The van der Waals surface area contributed by atoms with Gasteiger partial charge in [0.05, 0.1) is 11.5 Å². The van der Waals surface area contributed by atoms with Gasteiger partial charge < -0.3 is 5.11 Å². The molecule has 0 aromatic heterocycles. The molecule has 2 nitrogen and oxygen atoms in total. The highest BCUT2D eigenvalue weighted by molar-refractivity contribution is 5.70. The summed E-state index contributed by atoms with van der Waals surface area (Å²) in [4.78, 5) is 10.8. The predicted molar refractivity (Wildman–Crippen MR) is 56.6 cm³/mol. The van der Waals surface area contributed by atoms with Crippen molar-refractivity contribution in [2.75, 3.05) is 0 Å². The number of rotatable bonds is 4. The Morgan fingerprint density at radius 2 is 1.82 bits per heavy atom. The second-order valence-electron chi connectivity index (χ2n) is 3.84. The Kier molecular flexibility index (Phi) is 4.15. The number of hydrogen-bond acceptors (Lipinski definition) is 1. The summed E-state index contributed by atoms with van der Waals surface area (Å²) in [5, 5.41) is 8.84. The molecule has 0 heterocycles. The van der Waals surface area contributed by atoms with Crippen LogP contribution in [0.3, 0.4) is 0 Å². The molecule has 0 aliphatic carbocycles. The number of hydrogen-bond donors (Lipinski definition) is 1. The molecule has 0 bridgehead atoms. The summed E-state index contributed by atoms with van der Waals surface area (Å²) in [7, 11) is 0. The molecule has 0 spiro atoms. The first-order valence-electron chi connectivity index (χ1n) is 5.23. The molecule has 0 radical (unpaired) electrons. The molecule has 0 unspecified atom stereocenters. The molecule has 0 amide bonds. The Morgan fingerprint density at radius 3 is 2.18 bits per heavy atom. The van der Waals surface area contributed by atoms with Crippen LogP contribution < -0.4 is 0 Å². The third-order valence-corrected chi connectivity index (χ3v) is 2.61. The van der Waals surface area contributed by atoms with Crippen molar-refractivity contribution in [3.8, 4) is 0 Å². The van der Waals surface area contributed by atoms with Crippen molar-refractivity contribution in [2.45, 2.75) is 25.9 Å². The summed E-state index contributed by atoms with van der Waals surface area (Å²) < 4.78 is 36.8. The van der Waals surface area contributed by atoms with Gasteiger partial charge in [0.2, 0.25) is 0 Å². The maximum Gasteiger partial charge on any atom is 0.416 e. The molecule has 5 heteroatoms. The van der Waals surface area contributed by atoms with Crippen molar-refractivity contribution in [3.63, 3.8) is 0 Å². The summed E-state index contributed by atoms with van der Waals surface area (Å²) in [6.45, 7) is 1.74. The normalized spacial score (nSPS) is 13.4. The summed E-state index contributed by atoms with van der Waals surface area (Å²) in [5.41, 5.74) is -0.114. The predicted octanol–water partition coefficient (Wildman–Crippen LogP) is 3.36. The van der Waals surface area contributed by atoms with E-state index in [2.05, 4.69) is 0 Å². The van der Waals surface area contributed by atoms with Crippen molar-refractivity contribution >= 4 is 5.97 Å². The molecule has 0 fully saturated rings. The van der Waals surface area contributed by atoms with E-state index in [0.717, 1.165) is 12.1 Å². The zero-order chi connectivity index (χ0) is 13.1. The minimum absolute atomic E-state index is 0.254. The summed E-state index contributed by atoms with van der Waals surface area (Å²) in [6.07, 6.45) is -3.64. The van der Waals surface area contributed by atoms with E-state index in [9.17, 15) is 18.0 Å². The van der Waals surface area contributed by atoms with E-state index in [0.29, 0.717) is 12.0 Å². The fraction of sp³-hybridized carbons (Fsp3) is 0.417. The van der Waals surface area contributed by atoms with Crippen LogP contribution in [0.15, 0.2) is 24.3 Å². The lowest BCUT2D eigenvalue weighted by atomic mass is 9.96. The quantitative estimate of drug-likeness (QED) is 0.884. The van der Waals surface area contributed by atoms with Crippen molar-refractivity contribution in [1.82, 2.24) is 0 Å². The van der Waals surface area contributed by atoms with Crippen molar-refractivity contribution in [3.05, 3.63) is 35.4 Å². The largest absolute Gasteiger partial charge is 0.481 e. The van der Waals surface area contributed by atoms with Gasteiger partial charge in [-0.3, -0.25) is 4.79 Å². The summed E-state index contributed by atoms with van der Waals surface area (Å²) in [5.74, 6) is -1.47. The van der Waals surface area contributed by atoms with E-state index in [1.54, 1.807) is 6.92 Å². The smallest absolute Gasteiger partial charge is 0.416 e. The van der Waals surface area contributed by atoms with E-state index < -0.39 is 23.6 Å². The van der Waals surface area contributed by atoms with Crippen molar-refractivity contribution in [1.29, 1.82) is 0 Å². The number of benzene rings is 1. The second-order valence-corrected chi connectivity index (χ2v) is 3.84. The van der Waals surface area contributed by atoms with Crippen LogP contribution in [0.2, 0.25) is 0 Å². The standard InChI is InChI=1S/C12H13F3O2/c1-2-9(11(16)17)7-8-3-5-10(6-4-8)12(13,14)15/h3-6,9H,2,7H2,1H3,(H,16,17)/t9-/m0/s1. The van der Waals surface area contributed by atoms with Crippen LogP contribution in [-0.2, 0) is 17.4 Å². The Hall–Kier alpha value is -1.52. The summed E-state index contributed by atoms with van der Waals surface area (Å²) >= 11 is 0. The Bertz CT molecular complexity index is 382. The van der Waals surface area contributed by atoms with Gasteiger partial charge in [-0.05, 0) is 30.5 Å². The van der Waals surface area contributed by atoms with Gasteiger partial charge in [-0.15, -0.1) is 0 Å². The van der Waals surface area contributed by atoms with Crippen LogP contribution in [0, 0.1) is 5.92 Å². The zero-order valence-corrected chi connectivity index (χ0v) is 9.29. The van der Waals surface area contributed by atoms with Gasteiger partial charge in [0.15, 0.2) is 0 Å². The molecule has 1 rings (SSSR count). The molecule has 1 aromatic carbocycles. The highest BCUT2D eigenvalue weighted by atomic mass is 19.4. The highest BCUT2D eigenvalue weighted by Crippen LogP contribution is 2.29. The minimum atomic E-state index is -4.35. The molecule has 94 valence electrons. The van der Waals surface area contributed by atoms with Crippen LogP contribution in [0.1, 0.15) is 24.5 Å². The number of carboxylic acid groups (broad SMARTS) is 1. The van der Waals surface area contributed by atoms with Gasteiger partial charge >= 0.3 is 12.1 Å². The first-order chi connectivity index (χ1) is 7.84. The van der Waals surface area contributed by atoms with Crippen LogP contribution in [0.4, 0.5) is 13.2 Å². The maximum absolute atomic E-state index is 12.3. The third-order valence-electron chi connectivity index (χ3n) is 2.61. The molecule has 0 aliphatic heterocycles. The Labute approximate surface area is 97.1 Å². The monoisotopic (exact) mass is 246 g/mol. The molecule has 1 aromatic rings. The summed E-state index contributed by atoms with van der Waals surface area (Å²) in [6, 6.07) is 4.61. The molecule has 1 atom stereocenters. The topological polar surface area (TPSA) is 37.3 Å². The average molecular weight is 246 g/mol. The highest BCUT2D eigenvalue weighted by Gasteiger charge is 2.30. The molecular formula is C12H13F3O2. The number of carbonyl (C=O) groups is 1. The Balaban J connectivity index is 2.78. The Morgan fingerprint density at radius 1 is 1.29 bits per heavy atom. The fourth-order valence-electron chi connectivity index (χ4n) is 1.52. The number of aliphatic carboxylic acids is 1. The van der Waals surface area contributed by atoms with Crippen molar-refractivity contribution in [2.24, 2.45) is 5.92 Å². The van der Waals surface area contributed by atoms with E-state index >= 15 is 0 Å². The van der Waals surface area contributed by atoms with Crippen LogP contribution >= 0.6 is 0 Å². The van der Waals surface area contributed by atoms with Crippen molar-refractivity contribution < 1.29 is 23.1 Å². The van der Waals surface area contributed by atoms with Crippen LogP contribution in [0.25, 0.3) is 0 Å². The van der Waals surface area contributed by atoms with Gasteiger partial charge in [0.1, 0.15) is 0 Å². The molecular weight excluding hydrogens is 233 g/mol. The number of halogens is 3. The van der Waals surface area contributed by atoms with E-state index in [4.69, 9.17) is 5.11 Å². The fourth-order valence-corrected chi connectivity index (χ4v) is 1.52. The third kappa shape index (κ3) is 3.76. The van der Waals surface area contributed by atoms with E-state index in [1.165, 1.54) is 12.1 Å². The van der Waals surface area contributed by atoms with Crippen LogP contribution in [0.5, 0.6) is 0 Å². The second kappa shape index (κ2) is 5.21. The lowest BCUT2D eigenvalue weighted by Gasteiger charge is -2.11. The lowest BCUT2D eigenvalue weighted by molar-refractivity contribution is -0.142. The van der Waals surface area contributed by atoms with Crippen LogP contribution in [-0.4, -0.2) is 11.1 Å². The van der Waals surface area contributed by atoms with Gasteiger partial charge in [-0.2, -0.15) is 13.2 Å². The zero-order valence-electron chi connectivity index (χ0n) is 9.29. The van der Waals surface area contributed by atoms with E-state index in [-0.39, 0.29) is 6.42 Å². The van der Waals surface area contributed by atoms with Gasteiger partial charge in [0, 0.05) is 0 Å². The van der Waals surface area contributed by atoms with E-state index in [1.807, 2.05) is 0 Å². The molecule has 0 aliphatic rings. The molecule has 1 N–H and O–H groups in total. The first kappa shape index (κ1) is 13.5. The number of alkyl halides is 3. The minimum Gasteiger partial charge on any atom is -0.481 e. The molecule has 17 heavy (non-hydrogen) atoms. The first-order valence-corrected chi connectivity index (χ1v) is 5.23. The molecule has 0 saturated heterocycles. The lowest BCUT2D eigenvalue weighted by Crippen LogP contribution is -2.15. The average Bonchev–Trinajstić information content (AvgIpc) is 2.25.